The van der Waals surface area contributed by atoms with Gasteiger partial charge in [0.1, 0.15) is 11.8 Å². The van der Waals surface area contributed by atoms with Gasteiger partial charge >= 0.3 is 12.1 Å². The Bertz CT molecular complexity index is 904. The first-order valence-electron chi connectivity index (χ1n) is 12.4. The summed E-state index contributed by atoms with van der Waals surface area (Å²) < 4.78 is 15.2. The molecule has 0 spiro atoms. The molecule has 12 heteroatoms. The first-order chi connectivity index (χ1) is 17.0. The Kier molecular flexibility index (Phi) is 9.28. The van der Waals surface area contributed by atoms with Gasteiger partial charge in [0, 0.05) is 36.7 Å². The maximum Gasteiger partial charge on any atom is 0.511 e. The summed E-state index contributed by atoms with van der Waals surface area (Å²) in [7, 11) is 3.41. The van der Waals surface area contributed by atoms with Crippen molar-refractivity contribution in [2.45, 2.75) is 76.5 Å². The van der Waals surface area contributed by atoms with Crippen LogP contribution in [-0.4, -0.2) is 95.8 Å². The van der Waals surface area contributed by atoms with Gasteiger partial charge in [0.25, 0.3) is 0 Å². The number of amides is 2. The molecule has 2 amide bonds. The monoisotopic (exact) mass is 527 g/mol. The molecule has 3 aliphatic heterocycles. The summed E-state index contributed by atoms with van der Waals surface area (Å²) in [6.07, 6.45) is -0.228. The zero-order valence-electron chi connectivity index (χ0n) is 21.7. The summed E-state index contributed by atoms with van der Waals surface area (Å²) in [5, 5.41) is 13.4. The summed E-state index contributed by atoms with van der Waals surface area (Å²) in [6, 6.07) is -0.680. The normalized spacial score (nSPS) is 28.1. The van der Waals surface area contributed by atoms with Crippen LogP contribution in [0.5, 0.6) is 0 Å². The SMILES string of the molecule is CCC(CC)OC(=O)OCOC(=O)C1=C(S[C@@H]2CN[C@H](C(=O)N(C)C)C2)[C@H](C)[C@@H]2[C@@H]([C@@H](C)O)C(=O)N12. The molecule has 0 bridgehead atoms. The number of ether oxygens (including phenoxy) is 3. The third kappa shape index (κ3) is 5.65. The molecule has 36 heavy (non-hydrogen) atoms. The van der Waals surface area contributed by atoms with E-state index in [1.165, 1.54) is 21.6 Å². The van der Waals surface area contributed by atoms with E-state index < -0.39 is 30.9 Å². The van der Waals surface area contributed by atoms with Crippen LogP contribution in [0.25, 0.3) is 0 Å². The highest BCUT2D eigenvalue weighted by molar-refractivity contribution is 8.03. The average molecular weight is 528 g/mol. The van der Waals surface area contributed by atoms with Gasteiger partial charge in [-0.25, -0.2) is 9.59 Å². The second-order valence-corrected chi connectivity index (χ2v) is 11.0. The molecule has 0 aliphatic carbocycles. The van der Waals surface area contributed by atoms with Crippen molar-refractivity contribution in [1.29, 1.82) is 0 Å². The molecule has 3 aliphatic rings. The van der Waals surface area contributed by atoms with E-state index in [2.05, 4.69) is 5.32 Å². The number of hydrogen-bond acceptors (Lipinski definition) is 10. The Hall–Kier alpha value is -2.31. The number of aliphatic hydroxyl groups is 1. The summed E-state index contributed by atoms with van der Waals surface area (Å²) >= 11 is 1.45. The fraction of sp³-hybridized carbons (Fsp3) is 0.750. The number of nitrogens with zero attached hydrogens (tertiary/aromatic N) is 2. The number of rotatable bonds is 10. The second-order valence-electron chi connectivity index (χ2n) is 9.64. The molecule has 2 N–H and O–H groups in total. The first kappa shape index (κ1) is 28.3. The van der Waals surface area contributed by atoms with E-state index in [0.717, 1.165) is 0 Å². The van der Waals surface area contributed by atoms with Gasteiger partial charge in [-0.3, -0.25) is 9.59 Å². The predicted molar refractivity (Wildman–Crippen MR) is 131 cm³/mol. The minimum atomic E-state index is -0.930. The molecule has 0 aromatic rings. The lowest BCUT2D eigenvalue weighted by Crippen LogP contribution is -2.63. The topological polar surface area (TPSA) is 135 Å². The van der Waals surface area contributed by atoms with Gasteiger partial charge in [0.2, 0.25) is 18.6 Å². The van der Waals surface area contributed by atoms with Gasteiger partial charge in [-0.05, 0) is 26.2 Å². The van der Waals surface area contributed by atoms with Crippen LogP contribution in [-0.2, 0) is 28.6 Å². The zero-order chi connectivity index (χ0) is 26.7. The summed E-state index contributed by atoms with van der Waals surface area (Å²) in [5.74, 6) is -1.97. The molecule has 2 saturated heterocycles. The van der Waals surface area contributed by atoms with Crippen molar-refractivity contribution in [2.24, 2.45) is 11.8 Å². The highest BCUT2D eigenvalue weighted by Crippen LogP contribution is 2.52. The van der Waals surface area contributed by atoms with Crippen molar-refractivity contribution in [3.63, 3.8) is 0 Å². The van der Waals surface area contributed by atoms with E-state index in [1.54, 1.807) is 21.0 Å². The lowest BCUT2D eigenvalue weighted by molar-refractivity contribution is -0.167. The molecule has 6 atom stereocenters. The smallest absolute Gasteiger partial charge is 0.431 e. The van der Waals surface area contributed by atoms with Gasteiger partial charge in [-0.2, -0.15) is 0 Å². The lowest BCUT2D eigenvalue weighted by Gasteiger charge is -2.46. The Labute approximate surface area is 215 Å². The number of aliphatic hydroxyl groups excluding tert-OH is 1. The number of fused-ring (bicyclic) bond motifs is 1. The minimum Gasteiger partial charge on any atom is -0.431 e. The van der Waals surface area contributed by atoms with Crippen LogP contribution in [0.4, 0.5) is 4.79 Å². The van der Waals surface area contributed by atoms with Gasteiger partial charge in [-0.1, -0.05) is 20.8 Å². The first-order valence-corrected chi connectivity index (χ1v) is 13.3. The standard InChI is InChI=1S/C24H37N3O8S/c1-7-14(8-2)35-24(32)34-11-33-23(31)19-20(12(3)18-17(13(4)28)22(30)27(18)19)36-15-9-16(25-10-15)21(29)26(5)6/h12-18,25,28H,7-11H2,1-6H3/t12-,13-,15+,16+,17-,18-/m1/s1. The fourth-order valence-electron chi connectivity index (χ4n) is 4.97. The van der Waals surface area contributed by atoms with Crippen LogP contribution in [0, 0.1) is 11.8 Å². The van der Waals surface area contributed by atoms with E-state index in [4.69, 9.17) is 14.2 Å². The van der Waals surface area contributed by atoms with E-state index in [1.807, 2.05) is 20.8 Å². The van der Waals surface area contributed by atoms with E-state index >= 15 is 0 Å². The average Bonchev–Trinajstić information content (AvgIpc) is 3.38. The van der Waals surface area contributed by atoms with Crippen molar-refractivity contribution in [3.8, 4) is 0 Å². The number of β-lactam (4-membered cyclic amide) rings is 1. The highest BCUT2D eigenvalue weighted by atomic mass is 32.2. The molecular weight excluding hydrogens is 490 g/mol. The van der Waals surface area contributed by atoms with Crippen LogP contribution < -0.4 is 5.32 Å². The molecule has 3 heterocycles. The number of nitrogens with one attached hydrogen (secondary N) is 1. The summed E-state index contributed by atoms with van der Waals surface area (Å²) in [6.45, 7) is 7.16. The molecule has 0 saturated carbocycles. The van der Waals surface area contributed by atoms with Crippen molar-refractivity contribution in [2.75, 3.05) is 27.4 Å². The van der Waals surface area contributed by atoms with Crippen molar-refractivity contribution < 1.29 is 38.5 Å². The van der Waals surface area contributed by atoms with Crippen molar-refractivity contribution in [1.82, 2.24) is 15.1 Å². The highest BCUT2D eigenvalue weighted by Gasteiger charge is 2.60. The number of likely N-dealkylation sites (N-methyl/N-ethyl adjacent to an activating group) is 1. The Balaban J connectivity index is 1.72. The fourth-order valence-corrected chi connectivity index (χ4v) is 6.44. The maximum atomic E-state index is 13.1. The van der Waals surface area contributed by atoms with Crippen molar-refractivity contribution >= 4 is 35.7 Å². The molecular formula is C24H37N3O8S. The summed E-state index contributed by atoms with van der Waals surface area (Å²) in [4.78, 5) is 53.8. The van der Waals surface area contributed by atoms with Crippen molar-refractivity contribution in [3.05, 3.63) is 10.6 Å². The quantitative estimate of drug-likeness (QED) is 0.244. The van der Waals surface area contributed by atoms with Crippen LogP contribution in [0.3, 0.4) is 0 Å². The molecule has 0 unspecified atom stereocenters. The molecule has 2 fully saturated rings. The minimum absolute atomic E-state index is 0.00389. The Morgan fingerprint density at radius 1 is 1.22 bits per heavy atom. The molecule has 3 rings (SSSR count). The van der Waals surface area contributed by atoms with E-state index in [-0.39, 0.29) is 46.9 Å². The molecule has 0 aromatic heterocycles. The summed E-state index contributed by atoms with van der Waals surface area (Å²) in [5.41, 5.74) is 0.110. The molecule has 202 valence electrons. The molecule has 0 radical (unpaired) electrons. The van der Waals surface area contributed by atoms with Crippen LogP contribution in [0.15, 0.2) is 10.6 Å². The zero-order valence-corrected chi connectivity index (χ0v) is 22.5. The number of hydrogen-bond donors (Lipinski definition) is 2. The molecule has 11 nitrogen and oxygen atoms in total. The van der Waals surface area contributed by atoms with Crippen LogP contribution in [0.1, 0.15) is 47.0 Å². The third-order valence-corrected chi connectivity index (χ3v) is 8.48. The third-order valence-electron chi connectivity index (χ3n) is 6.97. The van der Waals surface area contributed by atoms with Gasteiger partial charge in [0.15, 0.2) is 0 Å². The second kappa shape index (κ2) is 11.8. The van der Waals surface area contributed by atoms with Gasteiger partial charge in [-0.15, -0.1) is 11.8 Å². The van der Waals surface area contributed by atoms with Gasteiger partial charge < -0.3 is 34.4 Å². The van der Waals surface area contributed by atoms with E-state index in [0.29, 0.717) is 30.7 Å². The van der Waals surface area contributed by atoms with Gasteiger partial charge in [0.05, 0.1) is 24.1 Å². The Morgan fingerprint density at radius 3 is 2.47 bits per heavy atom. The molecule has 0 aromatic carbocycles. The predicted octanol–water partition coefficient (Wildman–Crippen LogP) is 1.45. The Morgan fingerprint density at radius 2 is 1.89 bits per heavy atom. The number of esters is 1. The van der Waals surface area contributed by atoms with E-state index in [9.17, 15) is 24.3 Å². The number of carbonyl (C=O) groups is 4. The number of carbonyl (C=O) groups excluding carboxylic acids is 4. The lowest BCUT2D eigenvalue weighted by atomic mass is 9.79. The van der Waals surface area contributed by atoms with Crippen LogP contribution >= 0.6 is 11.8 Å². The van der Waals surface area contributed by atoms with Crippen LogP contribution in [0.2, 0.25) is 0 Å². The largest absolute Gasteiger partial charge is 0.511 e. The number of thioether (sulfide) groups is 1. The maximum absolute atomic E-state index is 13.1.